The van der Waals surface area contributed by atoms with Gasteiger partial charge >= 0.3 is 0 Å². The van der Waals surface area contributed by atoms with Crippen molar-refractivity contribution in [2.45, 2.75) is 70.5 Å². The van der Waals surface area contributed by atoms with Gasteiger partial charge < -0.3 is 14.7 Å². The van der Waals surface area contributed by atoms with Gasteiger partial charge in [-0.2, -0.15) is 0 Å². The maximum absolute atomic E-state index is 10.5. The first kappa shape index (κ1) is 16.4. The average molecular weight is 322 g/mol. The highest BCUT2D eigenvalue weighted by atomic mass is 16.5. The minimum Gasteiger partial charge on any atom is -0.389 e. The van der Waals surface area contributed by atoms with Crippen LogP contribution in [0.3, 0.4) is 0 Å². The maximum Gasteiger partial charge on any atom is 0.0900 e. The van der Waals surface area contributed by atoms with Gasteiger partial charge in [0, 0.05) is 19.6 Å². The Labute approximate surface area is 141 Å². The highest BCUT2D eigenvalue weighted by Crippen LogP contribution is 2.57. The van der Waals surface area contributed by atoms with Crippen LogP contribution in [-0.4, -0.2) is 48.0 Å². The molecule has 4 aliphatic carbocycles. The number of aliphatic hydroxyl groups is 1. The number of β-amino-alcohol motifs (C(OH)–C–C–N with tert-alkyl or cyclic N) is 1. The van der Waals surface area contributed by atoms with Crippen molar-refractivity contribution in [2.24, 2.45) is 29.6 Å². The molecule has 5 rings (SSSR count). The zero-order chi connectivity index (χ0) is 16.0. The van der Waals surface area contributed by atoms with E-state index in [-0.39, 0.29) is 11.7 Å². The van der Waals surface area contributed by atoms with E-state index in [1.165, 1.54) is 44.9 Å². The summed E-state index contributed by atoms with van der Waals surface area (Å²) < 4.78 is 6.42. The van der Waals surface area contributed by atoms with Gasteiger partial charge in [0.2, 0.25) is 0 Å². The molecular weight excluding hydrogens is 286 g/mol. The third-order valence-corrected chi connectivity index (χ3v) is 6.98. The number of aliphatic hydroxyl groups excluding tert-OH is 1. The van der Waals surface area contributed by atoms with Crippen molar-refractivity contribution in [3.05, 3.63) is 0 Å². The summed E-state index contributed by atoms with van der Waals surface area (Å²) in [6.07, 6.45) is 9.17. The van der Waals surface area contributed by atoms with Crippen LogP contribution in [0.15, 0.2) is 0 Å². The molecule has 23 heavy (non-hydrogen) atoms. The summed E-state index contributed by atoms with van der Waals surface area (Å²) in [5.74, 6) is 4.27. The van der Waals surface area contributed by atoms with Gasteiger partial charge in [0.1, 0.15) is 0 Å². The molecule has 0 spiro atoms. The molecule has 3 atom stereocenters. The molecule has 0 aromatic carbocycles. The first-order chi connectivity index (χ1) is 11.0. The molecule has 1 N–H and O–H groups in total. The second-order valence-electron chi connectivity index (χ2n) is 9.73. The van der Waals surface area contributed by atoms with Crippen molar-refractivity contribution in [3.8, 4) is 0 Å². The van der Waals surface area contributed by atoms with E-state index < -0.39 is 0 Å². The van der Waals surface area contributed by atoms with Crippen molar-refractivity contribution in [3.63, 3.8) is 0 Å². The molecule has 5 aliphatic rings. The molecule has 3 heteroatoms. The maximum atomic E-state index is 10.5. The zero-order valence-electron chi connectivity index (χ0n) is 15.0. The standard InChI is InChI=1S/C20H35NO2/c1-14-3-15(2)11-21(10-14)12-19(22)13-23-20-7-16-4-17(8-20)6-18(5-16)9-20/h14-19,22H,3-13H2,1-2H3. The second kappa shape index (κ2) is 6.31. The molecule has 0 radical (unpaired) electrons. The first-order valence-electron chi connectivity index (χ1n) is 10.0. The largest absolute Gasteiger partial charge is 0.389 e. The fraction of sp³-hybridized carbons (Fsp3) is 1.00. The molecule has 5 fully saturated rings. The van der Waals surface area contributed by atoms with E-state index in [0.29, 0.717) is 6.61 Å². The summed E-state index contributed by atoms with van der Waals surface area (Å²) in [6, 6.07) is 0. The van der Waals surface area contributed by atoms with Gasteiger partial charge in [0.05, 0.1) is 18.3 Å². The lowest BCUT2D eigenvalue weighted by Gasteiger charge is -2.56. The van der Waals surface area contributed by atoms with Crippen LogP contribution in [0, 0.1) is 29.6 Å². The fourth-order valence-corrected chi connectivity index (χ4v) is 6.77. The lowest BCUT2D eigenvalue weighted by molar-refractivity contribution is -0.176. The van der Waals surface area contributed by atoms with E-state index in [2.05, 4.69) is 18.7 Å². The van der Waals surface area contributed by atoms with E-state index in [1.54, 1.807) is 0 Å². The Morgan fingerprint density at radius 1 is 0.957 bits per heavy atom. The van der Waals surface area contributed by atoms with Gasteiger partial charge in [-0.25, -0.2) is 0 Å². The van der Waals surface area contributed by atoms with Crippen molar-refractivity contribution < 1.29 is 9.84 Å². The predicted octanol–water partition coefficient (Wildman–Crippen LogP) is 3.31. The van der Waals surface area contributed by atoms with Crippen LogP contribution in [0.25, 0.3) is 0 Å². The van der Waals surface area contributed by atoms with Crippen LogP contribution in [0.4, 0.5) is 0 Å². The van der Waals surface area contributed by atoms with E-state index in [1.807, 2.05) is 0 Å². The Kier molecular flexibility index (Phi) is 4.49. The zero-order valence-corrected chi connectivity index (χ0v) is 15.0. The topological polar surface area (TPSA) is 32.7 Å². The smallest absolute Gasteiger partial charge is 0.0900 e. The molecule has 4 saturated carbocycles. The summed E-state index contributed by atoms with van der Waals surface area (Å²) >= 11 is 0. The number of hydrogen-bond acceptors (Lipinski definition) is 3. The van der Waals surface area contributed by atoms with Gasteiger partial charge in [-0.3, -0.25) is 0 Å². The molecule has 1 aliphatic heterocycles. The summed E-state index contributed by atoms with van der Waals surface area (Å²) in [7, 11) is 0. The molecule has 0 amide bonds. The van der Waals surface area contributed by atoms with E-state index in [0.717, 1.165) is 49.2 Å². The van der Waals surface area contributed by atoms with Crippen molar-refractivity contribution in [2.75, 3.05) is 26.2 Å². The summed E-state index contributed by atoms with van der Waals surface area (Å²) in [5, 5.41) is 10.5. The SMILES string of the molecule is CC1CC(C)CN(CC(O)COC23CC4CC(CC(C4)C2)C3)C1. The summed E-state index contributed by atoms with van der Waals surface area (Å²) in [5.41, 5.74) is 0.137. The Morgan fingerprint density at radius 3 is 2.00 bits per heavy atom. The molecule has 0 aromatic heterocycles. The Morgan fingerprint density at radius 2 is 1.48 bits per heavy atom. The fourth-order valence-electron chi connectivity index (χ4n) is 6.77. The van der Waals surface area contributed by atoms with Crippen molar-refractivity contribution in [1.29, 1.82) is 0 Å². The molecule has 132 valence electrons. The number of piperidine rings is 1. The molecule has 3 nitrogen and oxygen atoms in total. The molecule has 4 bridgehead atoms. The number of rotatable bonds is 5. The van der Waals surface area contributed by atoms with Crippen LogP contribution < -0.4 is 0 Å². The third-order valence-electron chi connectivity index (χ3n) is 6.98. The van der Waals surface area contributed by atoms with Gasteiger partial charge in [0.25, 0.3) is 0 Å². The first-order valence-corrected chi connectivity index (χ1v) is 10.0. The van der Waals surface area contributed by atoms with Crippen LogP contribution in [0.1, 0.15) is 58.8 Å². The second-order valence-corrected chi connectivity index (χ2v) is 9.73. The Hall–Kier alpha value is -0.120. The third kappa shape index (κ3) is 3.62. The number of hydrogen-bond donors (Lipinski definition) is 1. The quantitative estimate of drug-likeness (QED) is 0.843. The minimum atomic E-state index is -0.319. The molecular formula is C20H35NO2. The Balaban J connectivity index is 1.27. The van der Waals surface area contributed by atoms with E-state index in [9.17, 15) is 5.11 Å². The van der Waals surface area contributed by atoms with E-state index in [4.69, 9.17) is 4.74 Å². The van der Waals surface area contributed by atoms with Gasteiger partial charge in [0.15, 0.2) is 0 Å². The van der Waals surface area contributed by atoms with Crippen molar-refractivity contribution >= 4 is 0 Å². The lowest BCUT2D eigenvalue weighted by atomic mass is 9.54. The normalized spacial score (nSPS) is 47.9. The van der Waals surface area contributed by atoms with Crippen LogP contribution in [0.5, 0.6) is 0 Å². The number of ether oxygens (including phenoxy) is 1. The van der Waals surface area contributed by atoms with Crippen LogP contribution in [-0.2, 0) is 4.74 Å². The Bertz CT molecular complexity index is 379. The lowest BCUT2D eigenvalue weighted by Crippen LogP contribution is -2.53. The van der Waals surface area contributed by atoms with Gasteiger partial charge in [-0.1, -0.05) is 13.8 Å². The highest BCUT2D eigenvalue weighted by Gasteiger charge is 2.51. The molecule has 0 aromatic rings. The molecule has 1 saturated heterocycles. The summed E-state index contributed by atoms with van der Waals surface area (Å²) in [6.45, 7) is 8.28. The average Bonchev–Trinajstić information content (AvgIpc) is 2.42. The van der Waals surface area contributed by atoms with Crippen LogP contribution >= 0.6 is 0 Å². The summed E-state index contributed by atoms with van der Waals surface area (Å²) in [4.78, 5) is 2.45. The van der Waals surface area contributed by atoms with E-state index >= 15 is 0 Å². The highest BCUT2D eigenvalue weighted by molar-refractivity contribution is 5.03. The van der Waals surface area contributed by atoms with Crippen molar-refractivity contribution in [1.82, 2.24) is 4.90 Å². The molecule has 1 heterocycles. The number of nitrogens with zero attached hydrogens (tertiary/aromatic N) is 1. The molecule has 3 unspecified atom stereocenters. The predicted molar refractivity (Wildman–Crippen MR) is 92.2 cm³/mol. The van der Waals surface area contributed by atoms with Gasteiger partial charge in [-0.15, -0.1) is 0 Å². The number of likely N-dealkylation sites (tertiary alicyclic amines) is 1. The van der Waals surface area contributed by atoms with Crippen LogP contribution in [0.2, 0.25) is 0 Å². The monoisotopic (exact) mass is 321 g/mol. The minimum absolute atomic E-state index is 0.137. The van der Waals surface area contributed by atoms with Gasteiger partial charge in [-0.05, 0) is 74.5 Å².